The molecule has 0 atom stereocenters. The van der Waals surface area contributed by atoms with Crippen LogP contribution in [0.1, 0.15) is 49.4 Å². The van der Waals surface area contributed by atoms with Gasteiger partial charge in [-0.1, -0.05) is 37.3 Å². The van der Waals surface area contributed by atoms with Crippen LogP contribution in [0.15, 0.2) is 78.5 Å². The van der Waals surface area contributed by atoms with Crippen molar-refractivity contribution in [3.05, 3.63) is 95.3 Å². The Morgan fingerprint density at radius 3 is 2.38 bits per heavy atom. The second-order valence-electron chi connectivity index (χ2n) is 8.24. The molecular weight excluding hydrogens is 394 g/mol. The second kappa shape index (κ2) is 10.8. The van der Waals surface area contributed by atoms with Gasteiger partial charge in [0.2, 0.25) is 0 Å². The number of amides is 1. The quantitative estimate of drug-likeness (QED) is 0.447. The molecule has 1 heterocycles. The minimum absolute atomic E-state index is 0.0233. The summed E-state index contributed by atoms with van der Waals surface area (Å²) in [5.74, 6) is 0.0233. The number of anilines is 2. The lowest BCUT2D eigenvalue weighted by atomic mass is 9.86. The maximum Gasteiger partial charge on any atom is 0.251 e. The monoisotopic (exact) mass is 425 g/mol. The van der Waals surface area contributed by atoms with Crippen LogP contribution in [-0.4, -0.2) is 17.4 Å². The van der Waals surface area contributed by atoms with Gasteiger partial charge in [0.25, 0.3) is 5.91 Å². The highest BCUT2D eigenvalue weighted by atomic mass is 16.1. The third-order valence-electron chi connectivity index (χ3n) is 6.03. The topological polar surface area (TPSA) is 54.0 Å². The maximum absolute atomic E-state index is 13.1. The highest BCUT2D eigenvalue weighted by Gasteiger charge is 2.20. The molecule has 4 heteroatoms. The van der Waals surface area contributed by atoms with E-state index in [0.29, 0.717) is 0 Å². The van der Waals surface area contributed by atoms with Crippen molar-refractivity contribution >= 4 is 22.9 Å². The van der Waals surface area contributed by atoms with Crippen molar-refractivity contribution in [3.8, 4) is 0 Å². The van der Waals surface area contributed by atoms with E-state index in [-0.39, 0.29) is 5.91 Å². The van der Waals surface area contributed by atoms with Crippen LogP contribution >= 0.6 is 0 Å². The molecule has 1 aromatic heterocycles. The summed E-state index contributed by atoms with van der Waals surface area (Å²) >= 11 is 0. The van der Waals surface area contributed by atoms with E-state index in [4.69, 9.17) is 0 Å². The van der Waals surface area contributed by atoms with Crippen LogP contribution < -0.4 is 10.6 Å². The Labute approximate surface area is 190 Å². The molecule has 4 rings (SSSR count). The molecule has 4 nitrogen and oxygen atoms in total. The maximum atomic E-state index is 13.1. The van der Waals surface area contributed by atoms with E-state index >= 15 is 0 Å². The number of carbonyl (C=O) groups excluding carboxylic acids is 1. The highest BCUT2D eigenvalue weighted by Crippen LogP contribution is 2.33. The summed E-state index contributed by atoms with van der Waals surface area (Å²) in [5, 5.41) is 6.52. The van der Waals surface area contributed by atoms with Crippen LogP contribution in [0.4, 0.5) is 11.4 Å². The lowest BCUT2D eigenvalue weighted by molar-refractivity contribution is -0.113. The molecule has 0 radical (unpaired) electrons. The van der Waals surface area contributed by atoms with E-state index in [1.54, 1.807) is 0 Å². The number of allylic oxidation sites excluding steroid dienone is 1. The number of rotatable bonds is 8. The van der Waals surface area contributed by atoms with Crippen molar-refractivity contribution in [1.29, 1.82) is 0 Å². The first kappa shape index (κ1) is 21.8. The van der Waals surface area contributed by atoms with Gasteiger partial charge in [-0.2, -0.15) is 0 Å². The molecule has 2 aromatic carbocycles. The summed E-state index contributed by atoms with van der Waals surface area (Å²) in [6, 6.07) is 22.6. The number of aryl methyl sites for hydroxylation is 1. The zero-order chi connectivity index (χ0) is 22.2. The van der Waals surface area contributed by atoms with Gasteiger partial charge in [0, 0.05) is 41.8 Å². The van der Waals surface area contributed by atoms with Crippen LogP contribution in [-0.2, 0) is 17.6 Å². The second-order valence-corrected chi connectivity index (χ2v) is 8.24. The van der Waals surface area contributed by atoms with Crippen LogP contribution in [0, 0.1) is 0 Å². The van der Waals surface area contributed by atoms with Crippen molar-refractivity contribution in [2.75, 3.05) is 17.2 Å². The summed E-state index contributed by atoms with van der Waals surface area (Å²) < 4.78 is 0. The number of pyridine rings is 1. The van der Waals surface area contributed by atoms with Crippen LogP contribution in [0.3, 0.4) is 0 Å². The SMILES string of the molecule is CCc1ccc(C2=C(C(=O)Nc3ccc(NCCc4ccccn4)cc3)CCCC2)cc1. The smallest absolute Gasteiger partial charge is 0.251 e. The van der Waals surface area contributed by atoms with Gasteiger partial charge in [0.15, 0.2) is 0 Å². The molecule has 2 N–H and O–H groups in total. The molecule has 1 aliphatic rings. The van der Waals surface area contributed by atoms with Gasteiger partial charge in [-0.15, -0.1) is 0 Å². The van der Waals surface area contributed by atoms with Gasteiger partial charge >= 0.3 is 0 Å². The van der Waals surface area contributed by atoms with Gasteiger partial charge in [-0.3, -0.25) is 9.78 Å². The predicted octanol–water partition coefficient (Wildman–Crippen LogP) is 6.26. The molecule has 0 spiro atoms. The number of nitrogens with zero attached hydrogens (tertiary/aromatic N) is 1. The van der Waals surface area contributed by atoms with Crippen LogP contribution in [0.5, 0.6) is 0 Å². The average molecular weight is 426 g/mol. The molecule has 1 aliphatic carbocycles. The van der Waals surface area contributed by atoms with Gasteiger partial charge in [0.05, 0.1) is 0 Å². The van der Waals surface area contributed by atoms with E-state index in [1.807, 2.05) is 48.7 Å². The van der Waals surface area contributed by atoms with Gasteiger partial charge in [0.1, 0.15) is 0 Å². The molecule has 0 unspecified atom stereocenters. The van der Waals surface area contributed by atoms with Crippen molar-refractivity contribution in [2.24, 2.45) is 0 Å². The van der Waals surface area contributed by atoms with E-state index in [1.165, 1.54) is 16.7 Å². The molecule has 32 heavy (non-hydrogen) atoms. The third kappa shape index (κ3) is 5.64. The highest BCUT2D eigenvalue weighted by molar-refractivity contribution is 6.09. The summed E-state index contributed by atoms with van der Waals surface area (Å²) in [5.41, 5.74) is 7.56. The first-order chi connectivity index (χ1) is 15.7. The van der Waals surface area contributed by atoms with E-state index in [2.05, 4.69) is 46.8 Å². The Morgan fingerprint density at radius 2 is 1.66 bits per heavy atom. The Hall–Kier alpha value is -3.40. The molecule has 0 bridgehead atoms. The lowest BCUT2D eigenvalue weighted by Gasteiger charge is -2.20. The predicted molar refractivity (Wildman–Crippen MR) is 133 cm³/mol. The molecule has 164 valence electrons. The normalized spacial score (nSPS) is 13.7. The average Bonchev–Trinajstić information content (AvgIpc) is 2.86. The van der Waals surface area contributed by atoms with Crippen molar-refractivity contribution in [3.63, 3.8) is 0 Å². The minimum Gasteiger partial charge on any atom is -0.385 e. The first-order valence-electron chi connectivity index (χ1n) is 11.6. The molecule has 0 saturated heterocycles. The fourth-order valence-electron chi connectivity index (χ4n) is 4.17. The zero-order valence-electron chi connectivity index (χ0n) is 18.7. The standard InChI is InChI=1S/C28H31N3O/c1-2-21-10-12-22(13-11-21)26-8-3-4-9-27(26)28(32)31-25-16-14-24(15-17-25)30-20-18-23-7-5-6-19-29-23/h5-7,10-17,19,30H,2-4,8-9,18,20H2,1H3,(H,31,32). The summed E-state index contributed by atoms with van der Waals surface area (Å²) in [6.45, 7) is 2.98. The van der Waals surface area contributed by atoms with Gasteiger partial charge in [-0.25, -0.2) is 0 Å². The van der Waals surface area contributed by atoms with Crippen LogP contribution in [0.25, 0.3) is 5.57 Å². The number of carbonyl (C=O) groups is 1. The van der Waals surface area contributed by atoms with E-state index in [0.717, 1.165) is 67.7 Å². The Bertz CT molecular complexity index is 1050. The fourth-order valence-corrected chi connectivity index (χ4v) is 4.17. The van der Waals surface area contributed by atoms with Gasteiger partial charge in [-0.05, 0) is 85.2 Å². The summed E-state index contributed by atoms with van der Waals surface area (Å²) in [6.07, 6.45) is 7.73. The number of benzene rings is 2. The zero-order valence-corrected chi connectivity index (χ0v) is 18.7. The van der Waals surface area contributed by atoms with Gasteiger partial charge < -0.3 is 10.6 Å². The molecular formula is C28H31N3O. The summed E-state index contributed by atoms with van der Waals surface area (Å²) in [7, 11) is 0. The summed E-state index contributed by atoms with van der Waals surface area (Å²) in [4.78, 5) is 17.4. The number of aromatic nitrogens is 1. The van der Waals surface area contributed by atoms with Crippen molar-refractivity contribution in [1.82, 2.24) is 4.98 Å². The fraction of sp³-hybridized carbons (Fsp3) is 0.286. The Balaban J connectivity index is 1.39. The molecule has 0 fully saturated rings. The number of hydrogen-bond donors (Lipinski definition) is 2. The molecule has 3 aromatic rings. The Kier molecular flexibility index (Phi) is 7.34. The molecule has 1 amide bonds. The number of nitrogens with one attached hydrogen (secondary N) is 2. The minimum atomic E-state index is 0.0233. The van der Waals surface area contributed by atoms with Crippen molar-refractivity contribution < 1.29 is 4.79 Å². The Morgan fingerprint density at radius 1 is 0.906 bits per heavy atom. The lowest BCUT2D eigenvalue weighted by Crippen LogP contribution is -2.18. The first-order valence-corrected chi connectivity index (χ1v) is 11.6. The van der Waals surface area contributed by atoms with Crippen LogP contribution in [0.2, 0.25) is 0 Å². The van der Waals surface area contributed by atoms with E-state index in [9.17, 15) is 4.79 Å². The van der Waals surface area contributed by atoms with Crippen molar-refractivity contribution in [2.45, 2.75) is 45.4 Å². The third-order valence-corrected chi connectivity index (χ3v) is 6.03. The van der Waals surface area contributed by atoms with E-state index < -0.39 is 0 Å². The largest absolute Gasteiger partial charge is 0.385 e. The number of hydrogen-bond acceptors (Lipinski definition) is 3. The molecule has 0 aliphatic heterocycles. The molecule has 0 saturated carbocycles.